The van der Waals surface area contributed by atoms with Gasteiger partial charge in [0, 0.05) is 32.7 Å². The molecule has 0 radical (unpaired) electrons. The van der Waals surface area contributed by atoms with Crippen LogP contribution in [0.1, 0.15) is 41.9 Å². The maximum Gasteiger partial charge on any atom is 0.274 e. The Hall–Kier alpha value is -1.89. The predicted molar refractivity (Wildman–Crippen MR) is 86.4 cm³/mol. The number of hydrogen-bond donors (Lipinski definition) is 1. The summed E-state index contributed by atoms with van der Waals surface area (Å²) in [6.45, 7) is 3.16. The molecule has 1 atom stereocenters. The summed E-state index contributed by atoms with van der Waals surface area (Å²) in [5.74, 6) is 0.154. The number of piperidine rings is 1. The number of aliphatic hydroxyl groups excluding tert-OH is 1. The predicted octanol–water partition coefficient (Wildman–Crippen LogP) is 0.275. The Morgan fingerprint density at radius 3 is 2.54 bits per heavy atom. The van der Waals surface area contributed by atoms with Gasteiger partial charge in [-0.25, -0.2) is 4.98 Å². The summed E-state index contributed by atoms with van der Waals surface area (Å²) < 4.78 is 1.97. The van der Waals surface area contributed by atoms with Gasteiger partial charge >= 0.3 is 0 Å². The molecule has 1 aromatic rings. The van der Waals surface area contributed by atoms with Gasteiger partial charge in [0.05, 0.1) is 24.0 Å². The molecule has 0 bridgehead atoms. The first-order chi connectivity index (χ1) is 11.6. The lowest BCUT2D eigenvalue weighted by atomic mass is 9.94. The number of fused-ring (bicyclic) bond motifs is 1. The Morgan fingerprint density at radius 1 is 1.08 bits per heavy atom. The highest BCUT2D eigenvalue weighted by Gasteiger charge is 2.35. The van der Waals surface area contributed by atoms with Crippen LogP contribution < -0.4 is 0 Å². The summed E-state index contributed by atoms with van der Waals surface area (Å²) in [6.07, 6.45) is 6.21. The van der Waals surface area contributed by atoms with Gasteiger partial charge in [0.25, 0.3) is 5.91 Å². The first-order valence-electron chi connectivity index (χ1n) is 8.93. The summed E-state index contributed by atoms with van der Waals surface area (Å²) in [7, 11) is 0. The first-order valence-corrected chi connectivity index (χ1v) is 8.93. The molecular weight excluding hydrogens is 308 g/mol. The minimum absolute atomic E-state index is 0.00131. The van der Waals surface area contributed by atoms with Gasteiger partial charge in [-0.2, -0.15) is 0 Å². The van der Waals surface area contributed by atoms with Crippen molar-refractivity contribution in [2.75, 3.05) is 26.2 Å². The molecule has 4 heterocycles. The number of carbonyl (C=O) groups is 2. The van der Waals surface area contributed by atoms with Gasteiger partial charge in [0.1, 0.15) is 5.69 Å². The van der Waals surface area contributed by atoms with Gasteiger partial charge in [-0.3, -0.25) is 9.59 Å². The molecule has 1 N–H and O–H groups in total. The van der Waals surface area contributed by atoms with E-state index in [0.717, 1.165) is 38.0 Å². The average molecular weight is 332 g/mol. The normalized spacial score (nSPS) is 24.5. The van der Waals surface area contributed by atoms with Crippen molar-refractivity contribution < 1.29 is 14.7 Å². The minimum Gasteiger partial charge on any atom is -0.389 e. The van der Waals surface area contributed by atoms with Crippen LogP contribution in [0.2, 0.25) is 0 Å². The lowest BCUT2D eigenvalue weighted by Gasteiger charge is -2.36. The van der Waals surface area contributed by atoms with Crippen LogP contribution in [0, 0.1) is 5.92 Å². The van der Waals surface area contributed by atoms with Crippen LogP contribution in [0.15, 0.2) is 6.33 Å². The summed E-state index contributed by atoms with van der Waals surface area (Å²) in [6, 6.07) is 0. The van der Waals surface area contributed by atoms with Crippen molar-refractivity contribution in [3.8, 4) is 0 Å². The molecule has 7 nitrogen and oxygen atoms in total. The molecule has 1 unspecified atom stereocenters. The molecule has 2 saturated heterocycles. The van der Waals surface area contributed by atoms with Gasteiger partial charge in [-0.1, -0.05) is 0 Å². The van der Waals surface area contributed by atoms with Gasteiger partial charge < -0.3 is 19.5 Å². The van der Waals surface area contributed by atoms with E-state index >= 15 is 0 Å². The Balaban J connectivity index is 1.44. The zero-order chi connectivity index (χ0) is 16.7. The molecule has 24 heavy (non-hydrogen) atoms. The minimum atomic E-state index is -0.404. The van der Waals surface area contributed by atoms with Gasteiger partial charge in [0.15, 0.2) is 0 Å². The van der Waals surface area contributed by atoms with E-state index in [1.807, 2.05) is 9.47 Å². The van der Waals surface area contributed by atoms with E-state index in [4.69, 9.17) is 0 Å². The average Bonchev–Trinajstić information content (AvgIpc) is 3.01. The summed E-state index contributed by atoms with van der Waals surface area (Å²) in [4.78, 5) is 33.0. The van der Waals surface area contributed by atoms with Gasteiger partial charge in [-0.15, -0.1) is 0 Å². The maximum atomic E-state index is 12.7. The van der Waals surface area contributed by atoms with E-state index in [-0.39, 0.29) is 17.7 Å². The highest BCUT2D eigenvalue weighted by atomic mass is 16.3. The van der Waals surface area contributed by atoms with Crippen molar-refractivity contribution in [2.24, 2.45) is 5.92 Å². The van der Waals surface area contributed by atoms with Crippen LogP contribution in [0.5, 0.6) is 0 Å². The lowest BCUT2D eigenvalue weighted by Crippen LogP contribution is -2.53. The van der Waals surface area contributed by atoms with Crippen molar-refractivity contribution in [2.45, 2.75) is 44.8 Å². The number of likely N-dealkylation sites (tertiary alicyclic amines) is 2. The quantitative estimate of drug-likeness (QED) is 0.843. The zero-order valence-electron chi connectivity index (χ0n) is 13.9. The van der Waals surface area contributed by atoms with Gasteiger partial charge in [-0.05, 0) is 32.1 Å². The van der Waals surface area contributed by atoms with Crippen molar-refractivity contribution in [1.29, 1.82) is 0 Å². The SMILES string of the molecule is O=C(c1ncn2c1CCC(C(=O)N1CCCCC1)C2)N1CC(O)C1. The van der Waals surface area contributed by atoms with Crippen LogP contribution in [0.25, 0.3) is 0 Å². The molecule has 3 aliphatic heterocycles. The largest absolute Gasteiger partial charge is 0.389 e. The number of aliphatic hydroxyl groups is 1. The Labute approximate surface area is 141 Å². The number of imidazole rings is 1. The smallest absolute Gasteiger partial charge is 0.274 e. The Morgan fingerprint density at radius 2 is 1.83 bits per heavy atom. The number of nitrogens with zero attached hydrogens (tertiary/aromatic N) is 4. The number of amides is 2. The number of aromatic nitrogens is 2. The summed E-state index contributed by atoms with van der Waals surface area (Å²) in [5, 5.41) is 9.36. The molecule has 3 aliphatic rings. The fourth-order valence-corrected chi connectivity index (χ4v) is 3.99. The number of β-amino-alcohol motifs (C(OH)–C–C–N with tert-alkyl or cyclic N) is 1. The van der Waals surface area contributed by atoms with Crippen LogP contribution in [0.4, 0.5) is 0 Å². The molecule has 0 aliphatic carbocycles. The van der Waals surface area contributed by atoms with Crippen molar-refractivity contribution in [3.05, 3.63) is 17.7 Å². The molecule has 2 amide bonds. The third-order valence-electron chi connectivity index (χ3n) is 5.46. The van der Waals surface area contributed by atoms with Gasteiger partial charge in [0.2, 0.25) is 5.91 Å². The highest BCUT2D eigenvalue weighted by molar-refractivity contribution is 5.94. The second kappa shape index (κ2) is 6.20. The molecule has 0 spiro atoms. The molecule has 0 saturated carbocycles. The Kier molecular flexibility index (Phi) is 4.04. The second-order valence-corrected chi connectivity index (χ2v) is 7.18. The molecule has 2 fully saturated rings. The molecular formula is C17H24N4O3. The fourth-order valence-electron chi connectivity index (χ4n) is 3.99. The first kappa shape index (κ1) is 15.6. The monoisotopic (exact) mass is 332 g/mol. The van der Waals surface area contributed by atoms with E-state index in [1.165, 1.54) is 6.42 Å². The van der Waals surface area contributed by atoms with E-state index in [2.05, 4.69) is 4.98 Å². The van der Waals surface area contributed by atoms with E-state index in [9.17, 15) is 14.7 Å². The molecule has 130 valence electrons. The topological polar surface area (TPSA) is 78.7 Å². The summed E-state index contributed by atoms with van der Waals surface area (Å²) in [5.41, 5.74) is 1.43. The van der Waals surface area contributed by atoms with Crippen LogP contribution in [-0.2, 0) is 17.8 Å². The third kappa shape index (κ3) is 2.70. The van der Waals surface area contributed by atoms with Crippen LogP contribution >= 0.6 is 0 Å². The number of hydrogen-bond acceptors (Lipinski definition) is 4. The molecule has 7 heteroatoms. The second-order valence-electron chi connectivity index (χ2n) is 7.18. The number of rotatable bonds is 2. The fraction of sp³-hybridized carbons (Fsp3) is 0.706. The third-order valence-corrected chi connectivity index (χ3v) is 5.46. The Bertz CT molecular complexity index is 644. The van der Waals surface area contributed by atoms with Crippen molar-refractivity contribution in [3.63, 3.8) is 0 Å². The maximum absolute atomic E-state index is 12.7. The lowest BCUT2D eigenvalue weighted by molar-refractivity contribution is -0.137. The molecule has 1 aromatic heterocycles. The van der Waals surface area contributed by atoms with Crippen molar-refractivity contribution in [1.82, 2.24) is 19.4 Å². The van der Waals surface area contributed by atoms with Crippen molar-refractivity contribution >= 4 is 11.8 Å². The van der Waals surface area contributed by atoms with Crippen LogP contribution in [-0.4, -0.2) is 68.6 Å². The van der Waals surface area contributed by atoms with E-state index in [0.29, 0.717) is 31.7 Å². The standard InChI is InChI=1S/C17H24N4O3/c22-13-9-20(10-13)17(24)15-14-5-4-12(8-21(14)11-18-15)16(23)19-6-2-1-3-7-19/h11-13,22H,1-10H2. The van der Waals surface area contributed by atoms with Crippen LogP contribution in [0.3, 0.4) is 0 Å². The summed E-state index contributed by atoms with van der Waals surface area (Å²) >= 11 is 0. The molecule has 0 aromatic carbocycles. The zero-order valence-corrected chi connectivity index (χ0v) is 13.9. The van der Waals surface area contributed by atoms with E-state index < -0.39 is 6.10 Å². The molecule has 4 rings (SSSR count). The highest BCUT2D eigenvalue weighted by Crippen LogP contribution is 2.26. The number of carbonyl (C=O) groups excluding carboxylic acids is 2. The van der Waals surface area contributed by atoms with E-state index in [1.54, 1.807) is 11.2 Å².